The molecule has 0 spiro atoms. The van der Waals surface area contributed by atoms with Crippen molar-refractivity contribution >= 4 is 32.7 Å². The molecule has 0 unspecified atom stereocenters. The van der Waals surface area contributed by atoms with Crippen LogP contribution in [0.25, 0.3) is 10.8 Å². The predicted octanol–water partition coefficient (Wildman–Crippen LogP) is 3.23. The molecule has 0 heterocycles. The van der Waals surface area contributed by atoms with Crippen LogP contribution in [0.3, 0.4) is 0 Å². The molecule has 2 aromatic carbocycles. The first kappa shape index (κ1) is 10.2. The molecule has 1 N–H and O–H groups in total. The lowest BCUT2D eigenvalue weighted by molar-refractivity contribution is -0.136. The van der Waals surface area contributed by atoms with Crippen molar-refractivity contribution in [3.8, 4) is 0 Å². The summed E-state index contributed by atoms with van der Waals surface area (Å²) in [4.78, 5) is 10.6. The molecule has 0 aliphatic carbocycles. The standard InChI is InChI=1S/C12H9BrO2/c13-11-3-1-2-9-5-4-8(6-10(9)11)7-12(14)15/h1-6H,7H2,(H,14,15). The van der Waals surface area contributed by atoms with E-state index in [-0.39, 0.29) is 6.42 Å². The number of aliphatic carboxylic acids is 1. The molecule has 2 rings (SSSR count). The highest BCUT2D eigenvalue weighted by atomic mass is 79.9. The van der Waals surface area contributed by atoms with Gasteiger partial charge in [-0.2, -0.15) is 0 Å². The highest BCUT2D eigenvalue weighted by Crippen LogP contribution is 2.24. The molecular weight excluding hydrogens is 256 g/mol. The molecular formula is C12H9BrO2. The Balaban J connectivity index is 2.54. The molecule has 0 aliphatic heterocycles. The predicted molar refractivity (Wildman–Crippen MR) is 63.0 cm³/mol. The zero-order valence-electron chi connectivity index (χ0n) is 7.90. The first-order valence-electron chi connectivity index (χ1n) is 4.56. The summed E-state index contributed by atoms with van der Waals surface area (Å²) in [7, 11) is 0. The number of hydrogen-bond acceptors (Lipinski definition) is 1. The van der Waals surface area contributed by atoms with Gasteiger partial charge in [0.15, 0.2) is 0 Å². The van der Waals surface area contributed by atoms with Crippen molar-refractivity contribution in [3.05, 3.63) is 46.4 Å². The quantitative estimate of drug-likeness (QED) is 0.905. The number of benzene rings is 2. The molecule has 0 atom stereocenters. The van der Waals surface area contributed by atoms with Crippen molar-refractivity contribution < 1.29 is 9.90 Å². The van der Waals surface area contributed by atoms with Gasteiger partial charge < -0.3 is 5.11 Å². The van der Waals surface area contributed by atoms with Gasteiger partial charge in [-0.15, -0.1) is 0 Å². The fourth-order valence-corrected chi connectivity index (χ4v) is 2.06. The first-order chi connectivity index (χ1) is 7.16. The minimum Gasteiger partial charge on any atom is -0.481 e. The molecule has 0 saturated carbocycles. The summed E-state index contributed by atoms with van der Waals surface area (Å²) >= 11 is 3.45. The van der Waals surface area contributed by atoms with E-state index in [0.717, 1.165) is 20.8 Å². The number of carboxylic acid groups (broad SMARTS) is 1. The van der Waals surface area contributed by atoms with E-state index in [9.17, 15) is 4.79 Å². The van der Waals surface area contributed by atoms with Crippen molar-refractivity contribution in [3.63, 3.8) is 0 Å². The lowest BCUT2D eigenvalue weighted by atomic mass is 10.1. The summed E-state index contributed by atoms with van der Waals surface area (Å²) in [6, 6.07) is 11.6. The highest BCUT2D eigenvalue weighted by Gasteiger charge is 2.03. The first-order valence-corrected chi connectivity index (χ1v) is 5.35. The number of rotatable bonds is 2. The molecule has 0 amide bonds. The van der Waals surface area contributed by atoms with Crippen molar-refractivity contribution in [2.75, 3.05) is 0 Å². The van der Waals surface area contributed by atoms with E-state index in [4.69, 9.17) is 5.11 Å². The molecule has 0 aliphatic rings. The molecule has 2 aromatic rings. The van der Waals surface area contributed by atoms with Gasteiger partial charge in [0, 0.05) is 4.47 Å². The Hall–Kier alpha value is -1.35. The van der Waals surface area contributed by atoms with Crippen molar-refractivity contribution in [2.24, 2.45) is 0 Å². The average Bonchev–Trinajstić information content (AvgIpc) is 2.18. The number of fused-ring (bicyclic) bond motifs is 1. The fourth-order valence-electron chi connectivity index (χ4n) is 1.57. The summed E-state index contributed by atoms with van der Waals surface area (Å²) in [6.07, 6.45) is 0.0667. The Morgan fingerprint density at radius 2 is 2.07 bits per heavy atom. The van der Waals surface area contributed by atoms with Gasteiger partial charge in [0.25, 0.3) is 0 Å². The van der Waals surface area contributed by atoms with Crippen molar-refractivity contribution in [1.29, 1.82) is 0 Å². The Kier molecular flexibility index (Phi) is 2.73. The van der Waals surface area contributed by atoms with Crippen LogP contribution in [0.15, 0.2) is 40.9 Å². The van der Waals surface area contributed by atoms with Crippen LogP contribution in [0, 0.1) is 0 Å². The summed E-state index contributed by atoms with van der Waals surface area (Å²) in [5.74, 6) is -0.804. The topological polar surface area (TPSA) is 37.3 Å². The molecule has 3 heteroatoms. The Bertz CT molecular complexity index is 520. The van der Waals surface area contributed by atoms with Crippen LogP contribution in [0.4, 0.5) is 0 Å². The molecule has 2 nitrogen and oxygen atoms in total. The second-order valence-corrected chi connectivity index (χ2v) is 4.22. The fraction of sp³-hybridized carbons (Fsp3) is 0.0833. The van der Waals surface area contributed by atoms with Crippen LogP contribution in [0.2, 0.25) is 0 Å². The van der Waals surface area contributed by atoms with E-state index in [1.54, 1.807) is 0 Å². The third kappa shape index (κ3) is 2.18. The Labute approximate surface area is 95.7 Å². The van der Waals surface area contributed by atoms with Gasteiger partial charge in [-0.1, -0.05) is 40.2 Å². The monoisotopic (exact) mass is 264 g/mol. The van der Waals surface area contributed by atoms with Gasteiger partial charge in [0.1, 0.15) is 0 Å². The smallest absolute Gasteiger partial charge is 0.307 e. The highest BCUT2D eigenvalue weighted by molar-refractivity contribution is 9.10. The van der Waals surface area contributed by atoms with Crippen molar-refractivity contribution in [1.82, 2.24) is 0 Å². The van der Waals surface area contributed by atoms with Gasteiger partial charge in [-0.25, -0.2) is 0 Å². The average molecular weight is 265 g/mol. The van der Waals surface area contributed by atoms with E-state index in [0.29, 0.717) is 0 Å². The van der Waals surface area contributed by atoms with E-state index in [1.807, 2.05) is 36.4 Å². The number of halogens is 1. The lowest BCUT2D eigenvalue weighted by Gasteiger charge is -2.03. The molecule has 76 valence electrons. The molecule has 0 aromatic heterocycles. The number of carbonyl (C=O) groups is 1. The molecule has 0 radical (unpaired) electrons. The minimum absolute atomic E-state index is 0.0667. The maximum absolute atomic E-state index is 10.6. The largest absolute Gasteiger partial charge is 0.481 e. The van der Waals surface area contributed by atoms with E-state index < -0.39 is 5.97 Å². The normalized spacial score (nSPS) is 10.5. The van der Waals surface area contributed by atoms with Crippen LogP contribution < -0.4 is 0 Å². The Morgan fingerprint density at radius 3 is 2.80 bits per heavy atom. The van der Waals surface area contributed by atoms with Gasteiger partial charge in [0.2, 0.25) is 0 Å². The van der Waals surface area contributed by atoms with Crippen LogP contribution in [-0.2, 0) is 11.2 Å². The molecule has 0 saturated heterocycles. The number of hydrogen-bond donors (Lipinski definition) is 1. The SMILES string of the molecule is O=C(O)Cc1ccc2cccc(Br)c2c1. The van der Waals surface area contributed by atoms with Crippen LogP contribution in [0.5, 0.6) is 0 Å². The van der Waals surface area contributed by atoms with E-state index >= 15 is 0 Å². The van der Waals surface area contributed by atoms with Gasteiger partial charge in [0.05, 0.1) is 6.42 Å². The van der Waals surface area contributed by atoms with Crippen molar-refractivity contribution in [2.45, 2.75) is 6.42 Å². The Morgan fingerprint density at radius 1 is 1.27 bits per heavy atom. The van der Waals surface area contributed by atoms with Crippen LogP contribution >= 0.6 is 15.9 Å². The zero-order chi connectivity index (χ0) is 10.8. The lowest BCUT2D eigenvalue weighted by Crippen LogP contribution is -1.99. The van der Waals surface area contributed by atoms with Gasteiger partial charge >= 0.3 is 5.97 Å². The summed E-state index contributed by atoms with van der Waals surface area (Å²) < 4.78 is 0.993. The third-order valence-electron chi connectivity index (χ3n) is 2.25. The van der Waals surface area contributed by atoms with Crippen LogP contribution in [0.1, 0.15) is 5.56 Å². The van der Waals surface area contributed by atoms with E-state index in [1.165, 1.54) is 0 Å². The zero-order valence-corrected chi connectivity index (χ0v) is 9.49. The second kappa shape index (κ2) is 4.03. The summed E-state index contributed by atoms with van der Waals surface area (Å²) in [6.45, 7) is 0. The summed E-state index contributed by atoms with van der Waals surface area (Å²) in [5, 5.41) is 10.9. The molecule has 15 heavy (non-hydrogen) atoms. The maximum Gasteiger partial charge on any atom is 0.307 e. The second-order valence-electron chi connectivity index (χ2n) is 3.37. The molecule has 0 bridgehead atoms. The van der Waals surface area contributed by atoms with Crippen LogP contribution in [-0.4, -0.2) is 11.1 Å². The minimum atomic E-state index is -0.804. The third-order valence-corrected chi connectivity index (χ3v) is 2.94. The van der Waals surface area contributed by atoms with E-state index in [2.05, 4.69) is 15.9 Å². The van der Waals surface area contributed by atoms with Gasteiger partial charge in [-0.05, 0) is 28.5 Å². The van der Waals surface area contributed by atoms with Gasteiger partial charge in [-0.3, -0.25) is 4.79 Å². The summed E-state index contributed by atoms with van der Waals surface area (Å²) in [5.41, 5.74) is 0.821. The molecule has 0 fully saturated rings. The maximum atomic E-state index is 10.6. The number of carboxylic acids is 1.